The van der Waals surface area contributed by atoms with Crippen LogP contribution in [0.5, 0.6) is 0 Å². The SMILES string of the molecule is CCCCCCCCCCCCCCCCC=COCC(CN(C)C)OC(C)=O.Cl. The highest BCUT2D eigenvalue weighted by Gasteiger charge is 2.13. The molecule has 30 heavy (non-hydrogen) atoms. The van der Waals surface area contributed by atoms with Crippen LogP contribution in [0, 0.1) is 0 Å². The van der Waals surface area contributed by atoms with Crippen LogP contribution in [-0.2, 0) is 14.3 Å². The van der Waals surface area contributed by atoms with Crippen molar-refractivity contribution in [2.24, 2.45) is 0 Å². The summed E-state index contributed by atoms with van der Waals surface area (Å²) >= 11 is 0. The lowest BCUT2D eigenvalue weighted by Crippen LogP contribution is -2.33. The van der Waals surface area contributed by atoms with Crippen LogP contribution in [0.25, 0.3) is 0 Å². The fourth-order valence-corrected chi connectivity index (χ4v) is 3.52. The summed E-state index contributed by atoms with van der Waals surface area (Å²) in [7, 11) is 3.92. The van der Waals surface area contributed by atoms with E-state index in [0.717, 1.165) is 6.42 Å². The lowest BCUT2D eigenvalue weighted by atomic mass is 10.0. The third kappa shape index (κ3) is 25.3. The van der Waals surface area contributed by atoms with Crippen molar-refractivity contribution in [3.63, 3.8) is 0 Å². The van der Waals surface area contributed by atoms with Gasteiger partial charge in [-0.25, -0.2) is 0 Å². The van der Waals surface area contributed by atoms with E-state index >= 15 is 0 Å². The van der Waals surface area contributed by atoms with Crippen molar-refractivity contribution in [2.45, 2.75) is 116 Å². The predicted molar refractivity (Wildman–Crippen MR) is 131 cm³/mol. The van der Waals surface area contributed by atoms with Gasteiger partial charge in [-0.2, -0.15) is 0 Å². The molecule has 1 atom stereocenters. The molecule has 0 aliphatic rings. The molecule has 0 aromatic rings. The molecule has 0 rings (SSSR count). The van der Waals surface area contributed by atoms with Crippen molar-refractivity contribution in [1.29, 1.82) is 0 Å². The molecule has 1 unspecified atom stereocenters. The molecule has 0 aliphatic carbocycles. The Hall–Kier alpha value is -0.740. The summed E-state index contributed by atoms with van der Waals surface area (Å²) in [6, 6.07) is 0. The fourth-order valence-electron chi connectivity index (χ4n) is 3.52. The number of halogens is 1. The van der Waals surface area contributed by atoms with Crippen LogP contribution in [0.15, 0.2) is 12.3 Å². The summed E-state index contributed by atoms with van der Waals surface area (Å²) in [6.45, 7) is 4.80. The zero-order valence-electron chi connectivity index (χ0n) is 20.3. The quantitative estimate of drug-likeness (QED) is 0.105. The highest BCUT2D eigenvalue weighted by Crippen LogP contribution is 2.13. The van der Waals surface area contributed by atoms with Crippen LogP contribution in [-0.4, -0.2) is 44.2 Å². The minimum absolute atomic E-state index is 0. The second kappa shape index (κ2) is 24.5. The average Bonchev–Trinajstić information content (AvgIpc) is 2.66. The Morgan fingerprint density at radius 1 is 0.833 bits per heavy atom. The fraction of sp³-hybridized carbons (Fsp3) is 0.880. The lowest BCUT2D eigenvalue weighted by Gasteiger charge is -2.20. The van der Waals surface area contributed by atoms with Crippen LogP contribution in [0.4, 0.5) is 0 Å². The first-order chi connectivity index (χ1) is 14.1. The standard InChI is InChI=1S/C25H49NO3.ClH/c1-5-6-7-8-9-10-11-12-13-14-15-16-17-18-19-20-21-28-23-25(22-26(3)4)29-24(2)27;/h20-21,25H,5-19,22-23H2,1-4H3;1H. The molecule has 0 N–H and O–H groups in total. The summed E-state index contributed by atoms with van der Waals surface area (Å²) in [6.07, 6.45) is 24.1. The van der Waals surface area contributed by atoms with Crippen LogP contribution < -0.4 is 0 Å². The zero-order valence-corrected chi connectivity index (χ0v) is 21.1. The van der Waals surface area contributed by atoms with Crippen molar-refractivity contribution < 1.29 is 14.3 Å². The lowest BCUT2D eigenvalue weighted by molar-refractivity contribution is -0.149. The molecule has 0 spiro atoms. The smallest absolute Gasteiger partial charge is 0.303 e. The summed E-state index contributed by atoms with van der Waals surface area (Å²) in [5, 5.41) is 0. The van der Waals surface area contributed by atoms with Crippen LogP contribution >= 0.6 is 12.4 Å². The van der Waals surface area contributed by atoms with Crippen LogP contribution in [0.1, 0.15) is 110 Å². The summed E-state index contributed by atoms with van der Waals surface area (Å²) in [4.78, 5) is 13.1. The molecule has 0 amide bonds. The number of allylic oxidation sites excluding steroid dienone is 1. The molecule has 0 fully saturated rings. The first-order valence-corrected chi connectivity index (χ1v) is 12.1. The number of carbonyl (C=O) groups excluding carboxylic acids is 1. The second-order valence-electron chi connectivity index (χ2n) is 8.58. The zero-order chi connectivity index (χ0) is 21.6. The van der Waals surface area contributed by atoms with Gasteiger partial charge < -0.3 is 14.4 Å². The summed E-state index contributed by atoms with van der Waals surface area (Å²) < 4.78 is 10.8. The molecule has 0 bridgehead atoms. The largest absolute Gasteiger partial charge is 0.498 e. The molecule has 0 heterocycles. The molecule has 0 saturated heterocycles. The minimum atomic E-state index is -0.258. The Bertz CT molecular complexity index is 389. The van der Waals surface area contributed by atoms with E-state index in [-0.39, 0.29) is 24.5 Å². The van der Waals surface area contributed by atoms with E-state index in [2.05, 4.69) is 13.0 Å². The molecule has 0 aliphatic heterocycles. The monoisotopic (exact) mass is 447 g/mol. The maximum atomic E-state index is 11.1. The van der Waals surface area contributed by atoms with Crippen molar-refractivity contribution in [3.05, 3.63) is 12.3 Å². The van der Waals surface area contributed by atoms with Gasteiger partial charge in [-0.3, -0.25) is 4.79 Å². The molecule has 4 nitrogen and oxygen atoms in total. The number of hydrogen-bond acceptors (Lipinski definition) is 4. The van der Waals surface area contributed by atoms with Crippen molar-refractivity contribution in [2.75, 3.05) is 27.2 Å². The number of ether oxygens (including phenoxy) is 2. The Labute approximate surface area is 193 Å². The first kappa shape index (κ1) is 31.4. The Morgan fingerprint density at radius 3 is 1.73 bits per heavy atom. The minimum Gasteiger partial charge on any atom is -0.498 e. The predicted octanol–water partition coefficient (Wildman–Crippen LogP) is 7.30. The van der Waals surface area contributed by atoms with Gasteiger partial charge in [-0.05, 0) is 33.0 Å². The number of rotatable bonds is 21. The highest BCUT2D eigenvalue weighted by atomic mass is 35.5. The van der Waals surface area contributed by atoms with Gasteiger partial charge in [0.2, 0.25) is 0 Å². The number of likely N-dealkylation sites (N-methyl/N-ethyl adjacent to an activating group) is 1. The molecule has 0 aromatic heterocycles. The number of hydrogen-bond donors (Lipinski definition) is 0. The summed E-state index contributed by atoms with van der Waals surface area (Å²) in [5.74, 6) is -0.258. The molecule has 180 valence electrons. The summed E-state index contributed by atoms with van der Waals surface area (Å²) in [5.41, 5.74) is 0. The number of unbranched alkanes of at least 4 members (excludes halogenated alkanes) is 14. The van der Waals surface area contributed by atoms with E-state index in [4.69, 9.17) is 9.47 Å². The highest BCUT2D eigenvalue weighted by molar-refractivity contribution is 5.85. The molecule has 0 aromatic carbocycles. The van der Waals surface area contributed by atoms with Gasteiger partial charge in [0.1, 0.15) is 12.7 Å². The van der Waals surface area contributed by atoms with E-state index in [0.29, 0.717) is 13.2 Å². The average molecular weight is 448 g/mol. The third-order valence-corrected chi connectivity index (χ3v) is 5.10. The molecule has 5 heteroatoms. The van der Waals surface area contributed by atoms with Gasteiger partial charge in [0, 0.05) is 13.5 Å². The van der Waals surface area contributed by atoms with Crippen molar-refractivity contribution in [3.8, 4) is 0 Å². The number of nitrogens with zero attached hydrogens (tertiary/aromatic N) is 1. The van der Waals surface area contributed by atoms with E-state index in [1.54, 1.807) is 6.26 Å². The first-order valence-electron chi connectivity index (χ1n) is 12.1. The maximum Gasteiger partial charge on any atom is 0.303 e. The Morgan fingerprint density at radius 2 is 1.30 bits per heavy atom. The maximum absolute atomic E-state index is 11.1. The van der Waals surface area contributed by atoms with E-state index in [1.165, 1.54) is 96.8 Å². The Balaban J connectivity index is 0. The number of esters is 1. The molecule has 0 saturated carbocycles. The van der Waals surface area contributed by atoms with Crippen molar-refractivity contribution >= 4 is 18.4 Å². The van der Waals surface area contributed by atoms with Gasteiger partial charge >= 0.3 is 5.97 Å². The number of carbonyl (C=O) groups is 1. The van der Waals surface area contributed by atoms with Crippen LogP contribution in [0.2, 0.25) is 0 Å². The van der Waals surface area contributed by atoms with E-state index in [1.807, 2.05) is 19.0 Å². The molecular formula is C25H50ClNO3. The van der Waals surface area contributed by atoms with Gasteiger partial charge in [0.25, 0.3) is 0 Å². The molecule has 0 radical (unpaired) electrons. The van der Waals surface area contributed by atoms with E-state index < -0.39 is 0 Å². The van der Waals surface area contributed by atoms with Crippen molar-refractivity contribution in [1.82, 2.24) is 4.90 Å². The van der Waals surface area contributed by atoms with E-state index in [9.17, 15) is 4.79 Å². The Kier molecular flexibility index (Phi) is 25.7. The second-order valence-corrected chi connectivity index (χ2v) is 8.58. The topological polar surface area (TPSA) is 38.8 Å². The normalized spacial score (nSPS) is 12.2. The third-order valence-electron chi connectivity index (χ3n) is 5.10. The van der Waals surface area contributed by atoms with Gasteiger partial charge in [0.05, 0.1) is 6.26 Å². The van der Waals surface area contributed by atoms with Crippen LogP contribution in [0.3, 0.4) is 0 Å². The molecular weight excluding hydrogens is 398 g/mol. The van der Waals surface area contributed by atoms with Gasteiger partial charge in [-0.15, -0.1) is 12.4 Å². The van der Waals surface area contributed by atoms with Gasteiger partial charge in [-0.1, -0.05) is 90.4 Å². The van der Waals surface area contributed by atoms with Gasteiger partial charge in [0.15, 0.2) is 0 Å².